The van der Waals surface area contributed by atoms with E-state index in [9.17, 15) is 4.79 Å². The lowest BCUT2D eigenvalue weighted by atomic mass is 10.2. The quantitative estimate of drug-likeness (QED) is 0.803. The van der Waals surface area contributed by atoms with E-state index in [1.54, 1.807) is 30.6 Å². The number of rotatable bonds is 3. The highest BCUT2D eigenvalue weighted by molar-refractivity contribution is 5.93. The third kappa shape index (κ3) is 2.77. The van der Waals surface area contributed by atoms with Gasteiger partial charge in [0, 0.05) is 12.4 Å². The molecule has 104 valence electrons. The van der Waals surface area contributed by atoms with Crippen LogP contribution in [0.5, 0.6) is 0 Å². The first-order valence-electron chi connectivity index (χ1n) is 6.76. The van der Waals surface area contributed by atoms with Gasteiger partial charge in [0.25, 0.3) is 0 Å². The van der Waals surface area contributed by atoms with Crippen molar-refractivity contribution in [2.75, 3.05) is 6.61 Å². The topological polar surface area (TPSA) is 61.3 Å². The van der Waals surface area contributed by atoms with Crippen LogP contribution in [0, 0.1) is 0 Å². The maximum absolute atomic E-state index is 12.0. The maximum atomic E-state index is 12.0. The third-order valence-electron chi connectivity index (χ3n) is 3.43. The molecule has 1 aromatic carbocycles. The number of carbonyl (C=O) groups excluding carboxylic acids is 1. The third-order valence-corrected chi connectivity index (χ3v) is 3.43. The van der Waals surface area contributed by atoms with E-state index in [0.29, 0.717) is 17.7 Å². The van der Waals surface area contributed by atoms with Crippen LogP contribution in [0.25, 0.3) is 11.0 Å². The van der Waals surface area contributed by atoms with Crippen LogP contribution in [-0.4, -0.2) is 34.8 Å². The van der Waals surface area contributed by atoms with Crippen molar-refractivity contribution in [1.29, 1.82) is 0 Å². The molecule has 0 amide bonds. The first-order chi connectivity index (χ1) is 9.72. The summed E-state index contributed by atoms with van der Waals surface area (Å²) in [7, 11) is 0. The van der Waals surface area contributed by atoms with Gasteiger partial charge in [0.1, 0.15) is 6.61 Å². The lowest BCUT2D eigenvalue weighted by molar-refractivity contribution is -0.00265. The van der Waals surface area contributed by atoms with Gasteiger partial charge >= 0.3 is 5.97 Å². The standard InChI is InChI=1S/C15H16N2O3/c1-10-2-4-12(20-10)9-19-15(18)11-3-5-13-14(8-11)17-7-6-16-13/h3,5-8,10,12H,2,4,9H2,1H3/t10-,12+/m0/s1. The molecule has 5 nitrogen and oxygen atoms in total. The van der Waals surface area contributed by atoms with Gasteiger partial charge in [-0.05, 0) is 38.0 Å². The molecule has 1 aliphatic rings. The summed E-state index contributed by atoms with van der Waals surface area (Å²) in [4.78, 5) is 20.3. The van der Waals surface area contributed by atoms with Crippen molar-refractivity contribution in [2.45, 2.75) is 32.0 Å². The Bertz CT molecular complexity index is 629. The molecule has 0 aliphatic carbocycles. The first-order valence-corrected chi connectivity index (χ1v) is 6.76. The lowest BCUT2D eigenvalue weighted by Gasteiger charge is -2.11. The summed E-state index contributed by atoms with van der Waals surface area (Å²) >= 11 is 0. The van der Waals surface area contributed by atoms with Gasteiger partial charge in [0.2, 0.25) is 0 Å². The second kappa shape index (κ2) is 5.54. The van der Waals surface area contributed by atoms with Crippen molar-refractivity contribution >= 4 is 17.0 Å². The molecule has 1 saturated heterocycles. The van der Waals surface area contributed by atoms with E-state index in [4.69, 9.17) is 9.47 Å². The van der Waals surface area contributed by atoms with Crippen LogP contribution >= 0.6 is 0 Å². The molecule has 5 heteroatoms. The number of fused-ring (bicyclic) bond motifs is 1. The molecule has 0 unspecified atom stereocenters. The van der Waals surface area contributed by atoms with Crippen molar-refractivity contribution in [1.82, 2.24) is 9.97 Å². The van der Waals surface area contributed by atoms with Gasteiger partial charge in [-0.2, -0.15) is 0 Å². The van der Waals surface area contributed by atoms with E-state index in [2.05, 4.69) is 9.97 Å². The summed E-state index contributed by atoms with van der Waals surface area (Å²) in [6.07, 6.45) is 5.47. The molecule has 20 heavy (non-hydrogen) atoms. The lowest BCUT2D eigenvalue weighted by Crippen LogP contribution is -2.19. The number of aromatic nitrogens is 2. The molecule has 2 aromatic rings. The highest BCUT2D eigenvalue weighted by Crippen LogP contribution is 2.19. The molecule has 1 aromatic heterocycles. The Hall–Kier alpha value is -2.01. The monoisotopic (exact) mass is 272 g/mol. The average Bonchev–Trinajstić information content (AvgIpc) is 2.90. The molecule has 1 fully saturated rings. The minimum atomic E-state index is -0.347. The Morgan fingerprint density at radius 2 is 2.10 bits per heavy atom. The Kier molecular flexibility index (Phi) is 3.60. The molecule has 0 bridgehead atoms. The van der Waals surface area contributed by atoms with E-state index in [1.807, 2.05) is 6.92 Å². The predicted octanol–water partition coefficient (Wildman–Crippen LogP) is 2.35. The Balaban J connectivity index is 1.66. The van der Waals surface area contributed by atoms with Gasteiger partial charge in [0.15, 0.2) is 0 Å². The number of carbonyl (C=O) groups is 1. The second-order valence-electron chi connectivity index (χ2n) is 5.00. The van der Waals surface area contributed by atoms with E-state index in [1.165, 1.54) is 0 Å². The van der Waals surface area contributed by atoms with Crippen LogP contribution in [-0.2, 0) is 9.47 Å². The van der Waals surface area contributed by atoms with Crippen LogP contribution in [0.15, 0.2) is 30.6 Å². The Morgan fingerprint density at radius 3 is 2.85 bits per heavy atom. The molecule has 2 heterocycles. The van der Waals surface area contributed by atoms with Gasteiger partial charge in [-0.1, -0.05) is 0 Å². The Labute approximate surface area is 116 Å². The molecule has 0 N–H and O–H groups in total. The molecule has 0 saturated carbocycles. The van der Waals surface area contributed by atoms with Gasteiger partial charge < -0.3 is 9.47 Å². The van der Waals surface area contributed by atoms with Crippen molar-refractivity contribution in [2.24, 2.45) is 0 Å². The minimum Gasteiger partial charge on any atom is -0.459 e. The number of hydrogen-bond acceptors (Lipinski definition) is 5. The SMILES string of the molecule is C[C@H]1CC[C@H](COC(=O)c2ccc3nccnc3c2)O1. The molecule has 0 spiro atoms. The van der Waals surface area contributed by atoms with Gasteiger partial charge in [-0.3, -0.25) is 9.97 Å². The summed E-state index contributed by atoms with van der Waals surface area (Å²) in [6, 6.07) is 5.17. The zero-order valence-electron chi connectivity index (χ0n) is 11.3. The number of hydrogen-bond donors (Lipinski definition) is 0. The number of nitrogens with zero attached hydrogens (tertiary/aromatic N) is 2. The second-order valence-corrected chi connectivity index (χ2v) is 5.00. The highest BCUT2D eigenvalue weighted by atomic mass is 16.6. The fourth-order valence-corrected chi connectivity index (χ4v) is 2.35. The summed E-state index contributed by atoms with van der Waals surface area (Å²) in [5.41, 5.74) is 1.94. The zero-order valence-corrected chi connectivity index (χ0v) is 11.3. The van der Waals surface area contributed by atoms with Crippen LogP contribution in [0.2, 0.25) is 0 Å². The van der Waals surface area contributed by atoms with Crippen LogP contribution in [0.3, 0.4) is 0 Å². The normalized spacial score (nSPS) is 22.1. The Morgan fingerprint density at radius 1 is 1.30 bits per heavy atom. The van der Waals surface area contributed by atoms with Crippen LogP contribution < -0.4 is 0 Å². The smallest absolute Gasteiger partial charge is 0.338 e. The number of benzene rings is 1. The summed E-state index contributed by atoms with van der Waals surface area (Å²) in [6.45, 7) is 2.34. The molecular formula is C15H16N2O3. The molecule has 2 atom stereocenters. The van der Waals surface area contributed by atoms with Crippen molar-refractivity contribution in [3.63, 3.8) is 0 Å². The van der Waals surface area contributed by atoms with Crippen molar-refractivity contribution < 1.29 is 14.3 Å². The van der Waals surface area contributed by atoms with E-state index >= 15 is 0 Å². The molecule has 1 aliphatic heterocycles. The fourth-order valence-electron chi connectivity index (χ4n) is 2.35. The molecular weight excluding hydrogens is 256 g/mol. The van der Waals surface area contributed by atoms with Gasteiger partial charge in [-0.15, -0.1) is 0 Å². The van der Waals surface area contributed by atoms with Crippen LogP contribution in [0.1, 0.15) is 30.1 Å². The number of ether oxygens (including phenoxy) is 2. The van der Waals surface area contributed by atoms with E-state index < -0.39 is 0 Å². The fraction of sp³-hybridized carbons (Fsp3) is 0.400. The average molecular weight is 272 g/mol. The summed E-state index contributed by atoms with van der Waals surface area (Å²) in [5.74, 6) is -0.347. The predicted molar refractivity (Wildman–Crippen MR) is 73.4 cm³/mol. The maximum Gasteiger partial charge on any atom is 0.338 e. The van der Waals surface area contributed by atoms with Crippen LogP contribution in [0.4, 0.5) is 0 Å². The van der Waals surface area contributed by atoms with Crippen molar-refractivity contribution in [3.8, 4) is 0 Å². The summed E-state index contributed by atoms with van der Waals surface area (Å²) in [5, 5.41) is 0. The summed E-state index contributed by atoms with van der Waals surface area (Å²) < 4.78 is 10.9. The zero-order chi connectivity index (χ0) is 13.9. The first kappa shape index (κ1) is 13.0. The molecule has 3 rings (SSSR count). The van der Waals surface area contributed by atoms with Gasteiger partial charge in [0.05, 0.1) is 28.8 Å². The minimum absolute atomic E-state index is 0.0224. The van der Waals surface area contributed by atoms with Gasteiger partial charge in [-0.25, -0.2) is 4.79 Å². The highest BCUT2D eigenvalue weighted by Gasteiger charge is 2.23. The van der Waals surface area contributed by atoms with E-state index in [0.717, 1.165) is 18.4 Å². The van der Waals surface area contributed by atoms with E-state index in [-0.39, 0.29) is 18.2 Å². The van der Waals surface area contributed by atoms with Crippen molar-refractivity contribution in [3.05, 3.63) is 36.2 Å². The number of esters is 1. The largest absolute Gasteiger partial charge is 0.459 e. The molecule has 0 radical (unpaired) electrons.